The minimum Gasteiger partial charge on any atom is -0.324 e. The van der Waals surface area contributed by atoms with Crippen LogP contribution < -0.4 is 16.0 Å². The molecule has 1 fully saturated rings. The molecule has 35 heavy (non-hydrogen) atoms. The zero-order valence-corrected chi connectivity index (χ0v) is 19.7. The number of imide groups is 1. The zero-order valence-electron chi connectivity index (χ0n) is 19.7. The van der Waals surface area contributed by atoms with Crippen molar-refractivity contribution in [3.63, 3.8) is 0 Å². The number of carbonyl (C=O) groups is 4. The zero-order chi connectivity index (χ0) is 25.2. The van der Waals surface area contributed by atoms with Crippen molar-refractivity contribution in [2.75, 3.05) is 17.2 Å². The summed E-state index contributed by atoms with van der Waals surface area (Å²) in [4.78, 5) is 52.2. The molecule has 178 valence electrons. The SMILES string of the molecule is Cc1ccc([C@]2(C)NC(=O)N(CC(=O)Nc3ccccc3C(=O)Nc3cccc(C)c3)C2=O)cc1. The van der Waals surface area contributed by atoms with Gasteiger partial charge in [-0.05, 0) is 56.2 Å². The van der Waals surface area contributed by atoms with Gasteiger partial charge in [0.15, 0.2) is 0 Å². The molecule has 3 aromatic rings. The smallest absolute Gasteiger partial charge is 0.324 e. The molecule has 4 rings (SSSR count). The lowest BCUT2D eigenvalue weighted by Crippen LogP contribution is -2.42. The van der Waals surface area contributed by atoms with Gasteiger partial charge < -0.3 is 16.0 Å². The summed E-state index contributed by atoms with van der Waals surface area (Å²) in [7, 11) is 0. The van der Waals surface area contributed by atoms with Gasteiger partial charge in [-0.15, -0.1) is 0 Å². The average Bonchev–Trinajstić information content (AvgIpc) is 3.03. The van der Waals surface area contributed by atoms with Crippen LogP contribution in [-0.4, -0.2) is 35.2 Å². The lowest BCUT2D eigenvalue weighted by molar-refractivity contribution is -0.133. The summed E-state index contributed by atoms with van der Waals surface area (Å²) < 4.78 is 0. The second kappa shape index (κ2) is 9.42. The van der Waals surface area contributed by atoms with E-state index in [1.807, 2.05) is 44.2 Å². The lowest BCUT2D eigenvalue weighted by atomic mass is 9.91. The summed E-state index contributed by atoms with van der Waals surface area (Å²) in [5.41, 5.74) is 2.54. The molecule has 0 spiro atoms. The van der Waals surface area contributed by atoms with Gasteiger partial charge in [0.1, 0.15) is 12.1 Å². The number of hydrogen-bond donors (Lipinski definition) is 3. The van der Waals surface area contributed by atoms with E-state index in [-0.39, 0.29) is 11.3 Å². The molecule has 3 N–H and O–H groups in total. The Morgan fingerprint density at radius 3 is 2.31 bits per heavy atom. The number of nitrogens with zero attached hydrogens (tertiary/aromatic N) is 1. The number of rotatable bonds is 6. The van der Waals surface area contributed by atoms with Crippen LogP contribution in [0.5, 0.6) is 0 Å². The maximum Gasteiger partial charge on any atom is 0.325 e. The normalized spacial score (nSPS) is 17.2. The van der Waals surface area contributed by atoms with E-state index in [0.717, 1.165) is 16.0 Å². The topological polar surface area (TPSA) is 108 Å². The third kappa shape index (κ3) is 4.91. The fourth-order valence-corrected chi connectivity index (χ4v) is 3.97. The molecule has 0 unspecified atom stereocenters. The van der Waals surface area contributed by atoms with Crippen LogP contribution in [0, 0.1) is 13.8 Å². The summed E-state index contributed by atoms with van der Waals surface area (Å²) in [5.74, 6) is -1.52. The quantitative estimate of drug-likeness (QED) is 0.474. The number of nitrogens with one attached hydrogen (secondary N) is 3. The van der Waals surface area contributed by atoms with Crippen molar-refractivity contribution >= 4 is 35.1 Å². The molecule has 1 aliphatic heterocycles. The summed E-state index contributed by atoms with van der Waals surface area (Å²) in [5, 5.41) is 8.16. The maximum absolute atomic E-state index is 13.1. The molecule has 1 saturated heterocycles. The number of aryl methyl sites for hydroxylation is 2. The molecular formula is C27H26N4O4. The largest absolute Gasteiger partial charge is 0.325 e. The number of carbonyl (C=O) groups excluding carboxylic acids is 4. The van der Waals surface area contributed by atoms with Crippen molar-refractivity contribution in [1.29, 1.82) is 0 Å². The van der Waals surface area contributed by atoms with Crippen LogP contribution in [0.1, 0.15) is 34.0 Å². The van der Waals surface area contributed by atoms with Crippen LogP contribution >= 0.6 is 0 Å². The molecule has 0 aromatic heterocycles. The van der Waals surface area contributed by atoms with E-state index in [2.05, 4.69) is 16.0 Å². The van der Waals surface area contributed by atoms with Gasteiger partial charge in [0.2, 0.25) is 5.91 Å². The van der Waals surface area contributed by atoms with Crippen molar-refractivity contribution in [3.05, 3.63) is 95.1 Å². The van der Waals surface area contributed by atoms with Crippen molar-refractivity contribution in [2.24, 2.45) is 0 Å². The minimum absolute atomic E-state index is 0.254. The Balaban J connectivity index is 1.47. The van der Waals surface area contributed by atoms with Crippen LogP contribution in [0.3, 0.4) is 0 Å². The maximum atomic E-state index is 13.1. The van der Waals surface area contributed by atoms with Gasteiger partial charge in [-0.2, -0.15) is 0 Å². The van der Waals surface area contributed by atoms with Crippen LogP contribution in [0.15, 0.2) is 72.8 Å². The van der Waals surface area contributed by atoms with Gasteiger partial charge in [-0.3, -0.25) is 19.3 Å². The number of amides is 5. The average molecular weight is 471 g/mol. The van der Waals surface area contributed by atoms with Gasteiger partial charge >= 0.3 is 6.03 Å². The summed E-state index contributed by atoms with van der Waals surface area (Å²) in [6.45, 7) is 4.97. The highest BCUT2D eigenvalue weighted by Crippen LogP contribution is 2.29. The van der Waals surface area contributed by atoms with Gasteiger partial charge in [0, 0.05) is 5.69 Å². The molecule has 8 nitrogen and oxygen atoms in total. The fourth-order valence-electron chi connectivity index (χ4n) is 3.97. The Labute approximate surface area is 203 Å². The monoisotopic (exact) mass is 470 g/mol. The molecule has 1 atom stereocenters. The molecular weight excluding hydrogens is 444 g/mol. The van der Waals surface area contributed by atoms with Gasteiger partial charge in [-0.1, -0.05) is 54.1 Å². The minimum atomic E-state index is -1.27. The number of para-hydroxylation sites is 1. The van der Waals surface area contributed by atoms with Crippen molar-refractivity contribution < 1.29 is 19.2 Å². The van der Waals surface area contributed by atoms with E-state index >= 15 is 0 Å². The second-order valence-corrected chi connectivity index (χ2v) is 8.73. The van der Waals surface area contributed by atoms with E-state index in [4.69, 9.17) is 0 Å². The Kier molecular flexibility index (Phi) is 6.38. The molecule has 0 bridgehead atoms. The molecule has 0 aliphatic carbocycles. The van der Waals surface area contributed by atoms with E-state index in [1.165, 1.54) is 0 Å². The first-order valence-corrected chi connectivity index (χ1v) is 11.2. The molecule has 8 heteroatoms. The molecule has 0 saturated carbocycles. The summed E-state index contributed by atoms with van der Waals surface area (Å²) >= 11 is 0. The van der Waals surface area contributed by atoms with Crippen molar-refractivity contribution in [3.8, 4) is 0 Å². The highest BCUT2D eigenvalue weighted by Gasteiger charge is 2.49. The number of benzene rings is 3. The highest BCUT2D eigenvalue weighted by molar-refractivity contribution is 6.12. The Morgan fingerprint density at radius 2 is 1.60 bits per heavy atom. The van der Waals surface area contributed by atoms with Gasteiger partial charge in [0.05, 0.1) is 11.3 Å². The molecule has 1 heterocycles. The summed E-state index contributed by atoms with van der Waals surface area (Å²) in [6.07, 6.45) is 0. The van der Waals surface area contributed by atoms with E-state index in [9.17, 15) is 19.2 Å². The summed E-state index contributed by atoms with van der Waals surface area (Å²) in [6, 6.07) is 20.5. The van der Waals surface area contributed by atoms with E-state index in [1.54, 1.807) is 49.4 Å². The first-order chi connectivity index (χ1) is 16.7. The van der Waals surface area contributed by atoms with Crippen molar-refractivity contribution in [1.82, 2.24) is 10.2 Å². The third-order valence-electron chi connectivity index (χ3n) is 5.93. The Bertz CT molecular complexity index is 1320. The molecule has 5 amide bonds. The number of hydrogen-bond acceptors (Lipinski definition) is 4. The second-order valence-electron chi connectivity index (χ2n) is 8.73. The van der Waals surface area contributed by atoms with Crippen molar-refractivity contribution in [2.45, 2.75) is 26.3 Å². The first kappa shape index (κ1) is 23.7. The highest BCUT2D eigenvalue weighted by atomic mass is 16.2. The van der Waals surface area contributed by atoms with Crippen LogP contribution in [-0.2, 0) is 15.1 Å². The predicted molar refractivity (Wildman–Crippen MR) is 133 cm³/mol. The molecule has 3 aromatic carbocycles. The predicted octanol–water partition coefficient (Wildman–Crippen LogP) is 3.96. The standard InChI is InChI=1S/C27H26N4O4/c1-17-11-13-19(14-12-17)27(3)25(34)31(26(35)30-27)16-23(32)29-22-10-5-4-9-21(22)24(33)28-20-8-6-7-18(2)15-20/h4-15H,16H2,1-3H3,(H,28,33)(H,29,32)(H,30,35)/t27-/m0/s1. The fraction of sp³-hybridized carbons (Fsp3) is 0.185. The van der Waals surface area contributed by atoms with Gasteiger partial charge in [-0.25, -0.2) is 4.79 Å². The van der Waals surface area contributed by atoms with Crippen LogP contribution in [0.2, 0.25) is 0 Å². The Morgan fingerprint density at radius 1 is 0.886 bits per heavy atom. The van der Waals surface area contributed by atoms with Crippen LogP contribution in [0.4, 0.5) is 16.2 Å². The van der Waals surface area contributed by atoms with Gasteiger partial charge in [0.25, 0.3) is 11.8 Å². The van der Waals surface area contributed by atoms with E-state index < -0.39 is 35.8 Å². The number of urea groups is 1. The molecule has 1 aliphatic rings. The Hall–Kier alpha value is -4.46. The van der Waals surface area contributed by atoms with Crippen LogP contribution in [0.25, 0.3) is 0 Å². The van der Waals surface area contributed by atoms with E-state index in [0.29, 0.717) is 11.3 Å². The first-order valence-electron chi connectivity index (χ1n) is 11.2. The third-order valence-corrected chi connectivity index (χ3v) is 5.93. The number of anilines is 2. The molecule has 0 radical (unpaired) electrons. The lowest BCUT2D eigenvalue weighted by Gasteiger charge is -2.22.